The number of carboxylic acid groups (broad SMARTS) is 1. The van der Waals surface area contributed by atoms with Crippen LogP contribution in [0.5, 0.6) is 0 Å². The number of amides is 3. The summed E-state index contributed by atoms with van der Waals surface area (Å²) in [5.74, 6) is -3.42. The molecule has 0 fully saturated rings. The van der Waals surface area contributed by atoms with E-state index >= 15 is 0 Å². The van der Waals surface area contributed by atoms with Gasteiger partial charge in [-0.3, -0.25) is 14.4 Å². The van der Waals surface area contributed by atoms with Crippen LogP contribution in [0.3, 0.4) is 0 Å². The standard InChI is InChI=1S/C22H31N5O5S2/c1-11(2)18(22(31)32)27-21(30)17(10-34)26-20(29)16(25-19(28)14(23)9-33)7-12-8-24-15-6-4-3-5-13(12)15/h3-6,8,11,14,16-18,24,33-34H,7,9-10,23H2,1-2H3,(H,25,28)(H,26,29)(H,27,30)(H,31,32)/t14-,16-,17-,18-/m0/s1. The van der Waals surface area contributed by atoms with E-state index in [0.717, 1.165) is 16.5 Å². The summed E-state index contributed by atoms with van der Waals surface area (Å²) in [5.41, 5.74) is 7.41. The van der Waals surface area contributed by atoms with Crippen LogP contribution in [0.25, 0.3) is 10.9 Å². The quantitative estimate of drug-likeness (QED) is 0.189. The van der Waals surface area contributed by atoms with Gasteiger partial charge in [0.2, 0.25) is 17.7 Å². The second-order valence-electron chi connectivity index (χ2n) is 8.23. The number of benzene rings is 1. The first-order chi connectivity index (χ1) is 16.1. The van der Waals surface area contributed by atoms with E-state index in [1.165, 1.54) is 0 Å². The third-order valence-electron chi connectivity index (χ3n) is 5.31. The fraction of sp³-hybridized carbons (Fsp3) is 0.455. The van der Waals surface area contributed by atoms with Gasteiger partial charge in [-0.15, -0.1) is 0 Å². The highest BCUT2D eigenvalue weighted by Crippen LogP contribution is 2.19. The van der Waals surface area contributed by atoms with Gasteiger partial charge in [0.05, 0.1) is 6.04 Å². The van der Waals surface area contributed by atoms with Gasteiger partial charge in [0.1, 0.15) is 18.1 Å². The van der Waals surface area contributed by atoms with Crippen LogP contribution >= 0.6 is 25.3 Å². The van der Waals surface area contributed by atoms with Crippen LogP contribution in [0.4, 0.5) is 0 Å². The van der Waals surface area contributed by atoms with Gasteiger partial charge in [-0.1, -0.05) is 32.0 Å². The summed E-state index contributed by atoms with van der Waals surface area (Å²) in [6, 6.07) is 3.30. The van der Waals surface area contributed by atoms with Gasteiger partial charge in [-0.25, -0.2) is 4.79 Å². The second kappa shape index (κ2) is 12.7. The van der Waals surface area contributed by atoms with Gasteiger partial charge in [-0.2, -0.15) is 25.3 Å². The summed E-state index contributed by atoms with van der Waals surface area (Å²) in [6.45, 7) is 3.32. The molecule has 0 unspecified atom stereocenters. The molecule has 2 rings (SSSR count). The lowest BCUT2D eigenvalue weighted by Gasteiger charge is -2.25. The summed E-state index contributed by atoms with van der Waals surface area (Å²) < 4.78 is 0. The number of fused-ring (bicyclic) bond motifs is 1. The van der Waals surface area contributed by atoms with Crippen molar-refractivity contribution in [3.63, 3.8) is 0 Å². The Morgan fingerprint density at radius 3 is 2.18 bits per heavy atom. The molecule has 3 amide bonds. The van der Waals surface area contributed by atoms with Gasteiger partial charge in [0.25, 0.3) is 0 Å². The molecule has 34 heavy (non-hydrogen) atoms. The van der Waals surface area contributed by atoms with Gasteiger partial charge >= 0.3 is 5.97 Å². The number of thiol groups is 2. The third kappa shape index (κ3) is 7.15. The zero-order chi connectivity index (χ0) is 25.4. The number of hydrogen-bond donors (Lipinski definition) is 8. The molecule has 0 bridgehead atoms. The molecule has 7 N–H and O–H groups in total. The lowest BCUT2D eigenvalue weighted by molar-refractivity contribution is -0.143. The fourth-order valence-corrected chi connectivity index (χ4v) is 3.75. The maximum atomic E-state index is 13.2. The number of carbonyl (C=O) groups is 4. The summed E-state index contributed by atoms with van der Waals surface area (Å²) >= 11 is 8.16. The van der Waals surface area contributed by atoms with Crippen molar-refractivity contribution in [1.82, 2.24) is 20.9 Å². The first-order valence-corrected chi connectivity index (χ1v) is 12.0. The molecule has 0 saturated heterocycles. The predicted molar refractivity (Wildman–Crippen MR) is 136 cm³/mol. The average molecular weight is 510 g/mol. The SMILES string of the molecule is CC(C)[C@H](NC(=O)[C@H](CS)NC(=O)[C@H](Cc1c[nH]c2ccccc12)NC(=O)[C@@H](N)CS)C(=O)O. The number of para-hydroxylation sites is 1. The first kappa shape index (κ1) is 27.5. The van der Waals surface area contributed by atoms with Crippen LogP contribution in [0.2, 0.25) is 0 Å². The highest BCUT2D eigenvalue weighted by molar-refractivity contribution is 7.80. The molecule has 10 nitrogen and oxygen atoms in total. The van der Waals surface area contributed by atoms with Crippen LogP contribution < -0.4 is 21.7 Å². The van der Waals surface area contributed by atoms with Crippen molar-refractivity contribution in [2.45, 2.75) is 44.4 Å². The van der Waals surface area contributed by atoms with Crippen molar-refractivity contribution in [3.05, 3.63) is 36.0 Å². The summed E-state index contributed by atoms with van der Waals surface area (Å²) in [4.78, 5) is 52.8. The summed E-state index contributed by atoms with van der Waals surface area (Å²) in [7, 11) is 0. The summed E-state index contributed by atoms with van der Waals surface area (Å²) in [5, 5.41) is 17.8. The molecular formula is C22H31N5O5S2. The van der Waals surface area contributed by atoms with Crippen LogP contribution in [-0.2, 0) is 25.6 Å². The molecule has 1 heterocycles. The minimum absolute atomic E-state index is 0.0775. The Morgan fingerprint density at radius 1 is 0.971 bits per heavy atom. The molecule has 1 aromatic heterocycles. The molecule has 1 aromatic carbocycles. The van der Waals surface area contributed by atoms with Gasteiger partial charge < -0.3 is 31.8 Å². The number of carboxylic acids is 1. The van der Waals surface area contributed by atoms with E-state index in [4.69, 9.17) is 5.73 Å². The van der Waals surface area contributed by atoms with Gasteiger partial charge in [0, 0.05) is 35.0 Å². The molecular weight excluding hydrogens is 478 g/mol. The summed E-state index contributed by atoms with van der Waals surface area (Å²) in [6.07, 6.45) is 1.88. The number of carbonyl (C=O) groups excluding carboxylic acids is 3. The van der Waals surface area contributed by atoms with Crippen molar-refractivity contribution >= 4 is 59.9 Å². The topological polar surface area (TPSA) is 166 Å². The van der Waals surface area contributed by atoms with E-state index in [0.29, 0.717) is 0 Å². The first-order valence-electron chi connectivity index (χ1n) is 10.7. The minimum atomic E-state index is -1.18. The highest BCUT2D eigenvalue weighted by atomic mass is 32.1. The average Bonchev–Trinajstić information content (AvgIpc) is 3.21. The van der Waals surface area contributed by atoms with Crippen molar-refractivity contribution in [3.8, 4) is 0 Å². The number of H-pyrrole nitrogens is 1. The normalized spacial score (nSPS) is 14.8. The Labute approximate surface area is 208 Å². The van der Waals surface area contributed by atoms with E-state index in [1.807, 2.05) is 24.3 Å². The third-order valence-corrected chi connectivity index (χ3v) is 6.07. The number of nitrogens with one attached hydrogen (secondary N) is 4. The number of aliphatic carboxylic acids is 1. The van der Waals surface area contributed by atoms with E-state index < -0.39 is 47.9 Å². The smallest absolute Gasteiger partial charge is 0.326 e. The minimum Gasteiger partial charge on any atom is -0.480 e. The number of nitrogens with two attached hydrogens (primary N) is 1. The van der Waals surface area contributed by atoms with Crippen molar-refractivity contribution in [1.29, 1.82) is 0 Å². The van der Waals surface area contributed by atoms with Crippen LogP contribution in [0.1, 0.15) is 19.4 Å². The molecule has 4 atom stereocenters. The molecule has 12 heteroatoms. The lowest BCUT2D eigenvalue weighted by Crippen LogP contribution is -2.58. The van der Waals surface area contributed by atoms with Crippen LogP contribution in [0, 0.1) is 5.92 Å². The lowest BCUT2D eigenvalue weighted by atomic mass is 10.0. The highest BCUT2D eigenvalue weighted by Gasteiger charge is 2.31. The predicted octanol–water partition coefficient (Wildman–Crippen LogP) is 0.0923. The van der Waals surface area contributed by atoms with Crippen molar-refractivity contribution < 1.29 is 24.3 Å². The largest absolute Gasteiger partial charge is 0.480 e. The molecule has 0 aliphatic heterocycles. The maximum absolute atomic E-state index is 13.2. The van der Waals surface area contributed by atoms with Crippen LogP contribution in [0.15, 0.2) is 30.5 Å². The Hall–Kier alpha value is -2.70. The molecule has 0 radical (unpaired) electrons. The molecule has 186 valence electrons. The van der Waals surface area contributed by atoms with E-state index in [2.05, 4.69) is 46.2 Å². The Balaban J connectivity index is 2.22. The Morgan fingerprint density at radius 2 is 1.59 bits per heavy atom. The van der Waals surface area contributed by atoms with Crippen molar-refractivity contribution in [2.75, 3.05) is 11.5 Å². The Kier molecular flexibility index (Phi) is 10.3. The number of aromatic amines is 1. The van der Waals surface area contributed by atoms with Crippen molar-refractivity contribution in [2.24, 2.45) is 11.7 Å². The maximum Gasteiger partial charge on any atom is 0.326 e. The van der Waals surface area contributed by atoms with E-state index in [9.17, 15) is 24.3 Å². The second-order valence-corrected chi connectivity index (χ2v) is 8.96. The zero-order valence-corrected chi connectivity index (χ0v) is 20.7. The molecule has 0 aliphatic carbocycles. The Bertz CT molecular complexity index is 1030. The molecule has 0 aliphatic rings. The zero-order valence-electron chi connectivity index (χ0n) is 18.9. The number of aromatic nitrogens is 1. The monoisotopic (exact) mass is 509 g/mol. The van der Waals surface area contributed by atoms with E-state index in [1.54, 1.807) is 20.0 Å². The number of rotatable bonds is 12. The molecule has 2 aromatic rings. The van der Waals surface area contributed by atoms with Gasteiger partial charge in [0.15, 0.2) is 0 Å². The number of hydrogen-bond acceptors (Lipinski definition) is 7. The van der Waals surface area contributed by atoms with Gasteiger partial charge in [-0.05, 0) is 17.5 Å². The van der Waals surface area contributed by atoms with E-state index in [-0.39, 0.29) is 23.8 Å². The fourth-order valence-electron chi connectivity index (χ4n) is 3.33. The van der Waals surface area contributed by atoms with Crippen LogP contribution in [-0.4, -0.2) is 69.5 Å². The molecule has 0 spiro atoms. The molecule has 0 saturated carbocycles.